The van der Waals surface area contributed by atoms with E-state index in [1.165, 1.54) is 11.8 Å². The Bertz CT molecular complexity index is 663. The van der Waals surface area contributed by atoms with Crippen molar-refractivity contribution in [1.29, 1.82) is 0 Å². The van der Waals surface area contributed by atoms with Crippen LogP contribution in [-0.2, 0) is 9.84 Å². The molecule has 3 rings (SSSR count). The molecule has 0 radical (unpaired) electrons. The highest BCUT2D eigenvalue weighted by atomic mass is 32.2. The zero-order valence-corrected chi connectivity index (χ0v) is 12.5. The van der Waals surface area contributed by atoms with Gasteiger partial charge in [0, 0.05) is 18.3 Å². The summed E-state index contributed by atoms with van der Waals surface area (Å²) in [5.41, 5.74) is 1.66. The van der Waals surface area contributed by atoms with Gasteiger partial charge in [-0.25, -0.2) is 13.4 Å². The molecule has 1 aromatic carbocycles. The van der Waals surface area contributed by atoms with Crippen LogP contribution in [0.5, 0.6) is 0 Å². The molecular formula is C13H16N2O3S2. The van der Waals surface area contributed by atoms with E-state index < -0.39 is 9.84 Å². The minimum Gasteiger partial charge on any atom is -0.431 e. The molecule has 0 amide bonds. The van der Waals surface area contributed by atoms with Crippen molar-refractivity contribution in [2.75, 3.05) is 23.8 Å². The Balaban J connectivity index is 1.46. The molecule has 7 heteroatoms. The molecule has 20 heavy (non-hydrogen) atoms. The van der Waals surface area contributed by atoms with Crippen LogP contribution in [0, 0.1) is 0 Å². The summed E-state index contributed by atoms with van der Waals surface area (Å²) in [6, 6.07) is 7.77. The van der Waals surface area contributed by atoms with E-state index in [1.807, 2.05) is 24.3 Å². The summed E-state index contributed by atoms with van der Waals surface area (Å²) in [5.74, 6) is 1.38. The summed E-state index contributed by atoms with van der Waals surface area (Å²) in [7, 11) is -2.80. The Morgan fingerprint density at radius 3 is 3.00 bits per heavy atom. The van der Waals surface area contributed by atoms with Crippen LogP contribution in [0.3, 0.4) is 0 Å². The van der Waals surface area contributed by atoms with Crippen molar-refractivity contribution in [1.82, 2.24) is 10.3 Å². The first-order valence-electron chi connectivity index (χ1n) is 6.55. The fraction of sp³-hybridized carbons (Fsp3) is 0.462. The SMILES string of the molecule is O=S1(=O)CCC(NCCSc2nc3ccccc3o2)C1. The smallest absolute Gasteiger partial charge is 0.256 e. The van der Waals surface area contributed by atoms with Gasteiger partial charge in [0.2, 0.25) is 0 Å². The Labute approximate surface area is 122 Å². The van der Waals surface area contributed by atoms with Gasteiger partial charge >= 0.3 is 0 Å². The Kier molecular flexibility index (Phi) is 4.00. The molecule has 1 aliphatic heterocycles. The highest BCUT2D eigenvalue weighted by Crippen LogP contribution is 2.22. The second-order valence-corrected chi connectivity index (χ2v) is 8.12. The number of hydrogen-bond acceptors (Lipinski definition) is 6. The Morgan fingerprint density at radius 1 is 1.40 bits per heavy atom. The number of fused-ring (bicyclic) bond motifs is 1. The molecule has 2 heterocycles. The van der Waals surface area contributed by atoms with E-state index >= 15 is 0 Å². The summed E-state index contributed by atoms with van der Waals surface area (Å²) in [6.07, 6.45) is 0.718. The van der Waals surface area contributed by atoms with Gasteiger partial charge in [0.05, 0.1) is 11.5 Å². The van der Waals surface area contributed by atoms with Crippen molar-refractivity contribution >= 4 is 32.7 Å². The number of benzene rings is 1. The Hall–Kier alpha value is -1.05. The molecule has 1 fully saturated rings. The first-order chi connectivity index (χ1) is 9.62. The zero-order chi connectivity index (χ0) is 14.0. The van der Waals surface area contributed by atoms with Crippen LogP contribution in [0.1, 0.15) is 6.42 Å². The topological polar surface area (TPSA) is 72.2 Å². The highest BCUT2D eigenvalue weighted by Gasteiger charge is 2.27. The average molecular weight is 312 g/mol. The number of rotatable bonds is 5. The lowest BCUT2D eigenvalue weighted by molar-refractivity contribution is 0.489. The van der Waals surface area contributed by atoms with Crippen molar-refractivity contribution in [3.63, 3.8) is 0 Å². The van der Waals surface area contributed by atoms with Crippen molar-refractivity contribution in [3.05, 3.63) is 24.3 Å². The van der Waals surface area contributed by atoms with Gasteiger partial charge in [-0.15, -0.1) is 0 Å². The zero-order valence-electron chi connectivity index (χ0n) is 10.9. The van der Waals surface area contributed by atoms with Crippen LogP contribution in [0.25, 0.3) is 11.1 Å². The van der Waals surface area contributed by atoms with Gasteiger partial charge in [0.1, 0.15) is 5.52 Å². The minimum atomic E-state index is -2.80. The number of nitrogens with one attached hydrogen (secondary N) is 1. The first-order valence-corrected chi connectivity index (χ1v) is 9.35. The van der Waals surface area contributed by atoms with Crippen molar-refractivity contribution in [2.45, 2.75) is 17.7 Å². The maximum Gasteiger partial charge on any atom is 0.256 e. The highest BCUT2D eigenvalue weighted by molar-refractivity contribution is 7.99. The number of hydrogen-bond donors (Lipinski definition) is 1. The maximum absolute atomic E-state index is 11.3. The molecule has 0 bridgehead atoms. The van der Waals surface area contributed by atoms with Crippen LogP contribution >= 0.6 is 11.8 Å². The number of aromatic nitrogens is 1. The van der Waals surface area contributed by atoms with E-state index in [1.54, 1.807) is 0 Å². The van der Waals surface area contributed by atoms with Gasteiger partial charge in [0.25, 0.3) is 5.22 Å². The molecule has 0 aliphatic carbocycles. The molecule has 1 unspecified atom stereocenters. The third kappa shape index (κ3) is 3.34. The molecule has 5 nitrogen and oxygen atoms in total. The van der Waals surface area contributed by atoms with Crippen LogP contribution in [0.4, 0.5) is 0 Å². The second-order valence-electron chi connectivity index (χ2n) is 4.85. The van der Waals surface area contributed by atoms with E-state index in [4.69, 9.17) is 4.42 Å². The fourth-order valence-electron chi connectivity index (χ4n) is 2.27. The molecule has 0 spiro atoms. The van der Waals surface area contributed by atoms with Gasteiger partial charge in [-0.1, -0.05) is 23.9 Å². The Morgan fingerprint density at radius 2 is 2.25 bits per heavy atom. The quantitative estimate of drug-likeness (QED) is 0.669. The van der Waals surface area contributed by atoms with E-state index in [-0.39, 0.29) is 11.8 Å². The minimum absolute atomic E-state index is 0.101. The van der Waals surface area contributed by atoms with E-state index in [0.717, 1.165) is 29.8 Å². The first kappa shape index (κ1) is 13.9. The van der Waals surface area contributed by atoms with Gasteiger partial charge in [-0.05, 0) is 18.6 Å². The predicted molar refractivity (Wildman–Crippen MR) is 79.8 cm³/mol. The number of nitrogens with zero attached hydrogens (tertiary/aromatic N) is 1. The van der Waals surface area contributed by atoms with Gasteiger partial charge in [-0.3, -0.25) is 0 Å². The third-order valence-corrected chi connectivity index (χ3v) is 5.87. The van der Waals surface area contributed by atoms with Gasteiger partial charge in [-0.2, -0.15) is 0 Å². The molecule has 1 aromatic heterocycles. The molecule has 1 atom stereocenters. The van der Waals surface area contributed by atoms with E-state index in [0.29, 0.717) is 11.0 Å². The number of thioether (sulfide) groups is 1. The molecule has 2 aromatic rings. The van der Waals surface area contributed by atoms with Crippen molar-refractivity contribution in [2.24, 2.45) is 0 Å². The maximum atomic E-state index is 11.3. The average Bonchev–Trinajstić information content (AvgIpc) is 2.97. The third-order valence-electron chi connectivity index (χ3n) is 3.27. The predicted octanol–water partition coefficient (Wildman–Crippen LogP) is 1.70. The van der Waals surface area contributed by atoms with Crippen molar-refractivity contribution in [3.8, 4) is 0 Å². The lowest BCUT2D eigenvalue weighted by Gasteiger charge is -2.08. The standard InChI is InChI=1S/C13H16N2O3S2/c16-20(17)8-5-10(9-20)14-6-7-19-13-15-11-3-1-2-4-12(11)18-13/h1-4,10,14H,5-9H2. The van der Waals surface area contributed by atoms with Gasteiger partial charge in [0.15, 0.2) is 15.4 Å². The van der Waals surface area contributed by atoms with Crippen LogP contribution in [-0.4, -0.2) is 43.2 Å². The van der Waals surface area contributed by atoms with E-state index in [9.17, 15) is 8.42 Å². The molecule has 108 valence electrons. The number of para-hydroxylation sites is 2. The second kappa shape index (κ2) is 5.75. The van der Waals surface area contributed by atoms with Crippen molar-refractivity contribution < 1.29 is 12.8 Å². The summed E-state index contributed by atoms with van der Waals surface area (Å²) in [5, 5.41) is 3.93. The monoisotopic (exact) mass is 312 g/mol. The molecule has 1 aliphatic rings. The molecule has 1 N–H and O–H groups in total. The van der Waals surface area contributed by atoms with Crippen LogP contribution in [0.2, 0.25) is 0 Å². The van der Waals surface area contributed by atoms with Crippen LogP contribution in [0.15, 0.2) is 33.9 Å². The summed E-state index contributed by atoms with van der Waals surface area (Å²) in [6.45, 7) is 0.754. The summed E-state index contributed by atoms with van der Waals surface area (Å²) >= 11 is 1.54. The largest absolute Gasteiger partial charge is 0.431 e. The molecular weight excluding hydrogens is 296 g/mol. The summed E-state index contributed by atoms with van der Waals surface area (Å²) < 4.78 is 28.3. The van der Waals surface area contributed by atoms with Gasteiger partial charge < -0.3 is 9.73 Å². The molecule has 1 saturated heterocycles. The van der Waals surface area contributed by atoms with E-state index in [2.05, 4.69) is 10.3 Å². The normalized spacial score (nSPS) is 21.5. The summed E-state index contributed by atoms with van der Waals surface area (Å²) in [4.78, 5) is 4.38. The van der Waals surface area contributed by atoms with Crippen LogP contribution < -0.4 is 5.32 Å². The molecule has 0 saturated carbocycles. The number of sulfone groups is 1. The lowest BCUT2D eigenvalue weighted by atomic mass is 10.3. The fourth-order valence-corrected chi connectivity index (χ4v) is 4.68. The lowest BCUT2D eigenvalue weighted by Crippen LogP contribution is -2.31. The number of oxazole rings is 1.